The highest BCUT2D eigenvalue weighted by Crippen LogP contribution is 2.20. The minimum atomic E-state index is -0.536. The Hall–Kier alpha value is -2.54. The minimum Gasteiger partial charge on any atom is -0.388 e. The van der Waals surface area contributed by atoms with Crippen LogP contribution in [0.1, 0.15) is 23.7 Å². The van der Waals surface area contributed by atoms with Gasteiger partial charge >= 0.3 is 0 Å². The SMILES string of the molecule is O=C(/C=C/c1ccc(F)cc1)Nc1ccc(C(O)CCN2CCOCC2)cc1. The Balaban J connectivity index is 1.47. The number of hydrogen-bond donors (Lipinski definition) is 2. The normalized spacial score (nSPS) is 16.2. The number of amides is 1. The van der Waals surface area contributed by atoms with Crippen LogP contribution >= 0.6 is 0 Å². The number of anilines is 1. The Morgan fingerprint density at radius 3 is 2.50 bits per heavy atom. The van der Waals surface area contributed by atoms with Crippen molar-refractivity contribution in [1.82, 2.24) is 4.90 Å². The Morgan fingerprint density at radius 2 is 1.82 bits per heavy atom. The van der Waals surface area contributed by atoms with Crippen molar-refractivity contribution >= 4 is 17.7 Å². The molecule has 28 heavy (non-hydrogen) atoms. The number of nitrogens with one attached hydrogen (secondary N) is 1. The summed E-state index contributed by atoms with van der Waals surface area (Å²) in [6, 6.07) is 13.1. The zero-order valence-corrected chi connectivity index (χ0v) is 15.7. The zero-order chi connectivity index (χ0) is 19.8. The van der Waals surface area contributed by atoms with Crippen LogP contribution < -0.4 is 5.32 Å². The van der Waals surface area contributed by atoms with Crippen molar-refractivity contribution in [3.63, 3.8) is 0 Å². The predicted octanol–water partition coefficient (Wildman–Crippen LogP) is 3.23. The second-order valence-electron chi connectivity index (χ2n) is 6.75. The summed E-state index contributed by atoms with van der Waals surface area (Å²) in [4.78, 5) is 14.3. The molecule has 0 aliphatic carbocycles. The molecular formula is C22H25FN2O3. The fourth-order valence-electron chi connectivity index (χ4n) is 3.01. The molecule has 1 aliphatic heterocycles. The summed E-state index contributed by atoms with van der Waals surface area (Å²) in [5, 5.41) is 13.1. The molecule has 1 aliphatic rings. The molecular weight excluding hydrogens is 359 g/mol. The molecule has 6 heteroatoms. The first-order valence-electron chi connectivity index (χ1n) is 9.43. The highest BCUT2D eigenvalue weighted by Gasteiger charge is 2.13. The van der Waals surface area contributed by atoms with Crippen LogP contribution in [-0.2, 0) is 9.53 Å². The minimum absolute atomic E-state index is 0.273. The molecule has 2 N–H and O–H groups in total. The van der Waals surface area contributed by atoms with Crippen LogP contribution in [0, 0.1) is 5.82 Å². The van der Waals surface area contributed by atoms with Crippen LogP contribution in [0.15, 0.2) is 54.6 Å². The number of benzene rings is 2. The topological polar surface area (TPSA) is 61.8 Å². The predicted molar refractivity (Wildman–Crippen MR) is 107 cm³/mol. The van der Waals surface area contributed by atoms with Crippen molar-refractivity contribution in [2.75, 3.05) is 38.2 Å². The number of ether oxygens (including phenoxy) is 1. The number of halogens is 1. The maximum absolute atomic E-state index is 12.9. The van der Waals surface area contributed by atoms with Gasteiger partial charge < -0.3 is 15.2 Å². The number of hydrogen-bond acceptors (Lipinski definition) is 4. The molecule has 2 aromatic rings. The molecule has 1 fully saturated rings. The van der Waals surface area contributed by atoms with E-state index in [1.54, 1.807) is 30.3 Å². The summed E-state index contributed by atoms with van der Waals surface area (Å²) >= 11 is 0. The molecule has 0 spiro atoms. The number of carbonyl (C=O) groups is 1. The lowest BCUT2D eigenvalue weighted by atomic mass is 10.1. The fourth-order valence-corrected chi connectivity index (χ4v) is 3.01. The van der Waals surface area contributed by atoms with E-state index in [9.17, 15) is 14.3 Å². The van der Waals surface area contributed by atoms with Gasteiger partial charge in [0.05, 0.1) is 19.3 Å². The van der Waals surface area contributed by atoms with Gasteiger partial charge in [0.25, 0.3) is 0 Å². The van der Waals surface area contributed by atoms with Gasteiger partial charge in [-0.25, -0.2) is 4.39 Å². The molecule has 5 nitrogen and oxygen atoms in total. The first-order valence-corrected chi connectivity index (χ1v) is 9.43. The van der Waals surface area contributed by atoms with Gasteiger partial charge in [-0.2, -0.15) is 0 Å². The van der Waals surface area contributed by atoms with Crippen molar-refractivity contribution in [2.24, 2.45) is 0 Å². The number of aliphatic hydroxyl groups is 1. The molecule has 1 atom stereocenters. The van der Waals surface area contributed by atoms with Gasteiger partial charge in [0.15, 0.2) is 0 Å². The lowest BCUT2D eigenvalue weighted by Crippen LogP contribution is -2.37. The molecule has 1 amide bonds. The second kappa shape index (κ2) is 10.1. The lowest BCUT2D eigenvalue weighted by Gasteiger charge is -2.27. The first kappa shape index (κ1) is 20.2. The van der Waals surface area contributed by atoms with Crippen LogP contribution in [-0.4, -0.2) is 48.8 Å². The average Bonchev–Trinajstić information content (AvgIpc) is 2.73. The fraction of sp³-hybridized carbons (Fsp3) is 0.318. The van der Waals surface area contributed by atoms with E-state index in [0.717, 1.165) is 44.0 Å². The van der Waals surface area contributed by atoms with E-state index in [2.05, 4.69) is 10.2 Å². The Bertz CT molecular complexity index is 784. The second-order valence-corrected chi connectivity index (χ2v) is 6.75. The molecule has 0 saturated carbocycles. The summed E-state index contributed by atoms with van der Waals surface area (Å²) in [5.74, 6) is -0.584. The summed E-state index contributed by atoms with van der Waals surface area (Å²) < 4.78 is 18.2. The van der Waals surface area contributed by atoms with Gasteiger partial charge in [-0.3, -0.25) is 9.69 Å². The number of nitrogens with zero attached hydrogens (tertiary/aromatic N) is 1. The molecule has 0 radical (unpaired) electrons. The van der Waals surface area contributed by atoms with Gasteiger partial charge in [0.1, 0.15) is 5.82 Å². The van der Waals surface area contributed by atoms with E-state index in [1.165, 1.54) is 18.2 Å². The van der Waals surface area contributed by atoms with Crippen molar-refractivity contribution < 1.29 is 19.0 Å². The number of morpholine rings is 1. The van der Waals surface area contributed by atoms with Crippen molar-refractivity contribution in [3.8, 4) is 0 Å². The van der Waals surface area contributed by atoms with Gasteiger partial charge in [-0.1, -0.05) is 24.3 Å². The van der Waals surface area contributed by atoms with E-state index >= 15 is 0 Å². The van der Waals surface area contributed by atoms with E-state index < -0.39 is 6.10 Å². The molecule has 0 aromatic heterocycles. The zero-order valence-electron chi connectivity index (χ0n) is 15.7. The summed E-state index contributed by atoms with van der Waals surface area (Å²) in [7, 11) is 0. The lowest BCUT2D eigenvalue weighted by molar-refractivity contribution is -0.111. The molecule has 3 rings (SSSR count). The van der Waals surface area contributed by atoms with E-state index in [0.29, 0.717) is 12.1 Å². The smallest absolute Gasteiger partial charge is 0.248 e. The van der Waals surface area contributed by atoms with Crippen LogP contribution in [0.2, 0.25) is 0 Å². The molecule has 1 unspecified atom stereocenters. The van der Waals surface area contributed by atoms with Gasteiger partial charge in [0.2, 0.25) is 5.91 Å². The van der Waals surface area contributed by atoms with E-state index in [-0.39, 0.29) is 11.7 Å². The highest BCUT2D eigenvalue weighted by atomic mass is 19.1. The van der Waals surface area contributed by atoms with Crippen molar-refractivity contribution in [2.45, 2.75) is 12.5 Å². The molecule has 1 saturated heterocycles. The van der Waals surface area contributed by atoms with Crippen molar-refractivity contribution in [3.05, 3.63) is 71.6 Å². The van der Waals surface area contributed by atoms with Gasteiger partial charge in [0, 0.05) is 31.4 Å². The summed E-state index contributed by atoms with van der Waals surface area (Å²) in [6.45, 7) is 4.14. The molecule has 2 aromatic carbocycles. The Morgan fingerprint density at radius 1 is 1.14 bits per heavy atom. The van der Waals surface area contributed by atoms with Gasteiger partial charge in [-0.15, -0.1) is 0 Å². The molecule has 1 heterocycles. The van der Waals surface area contributed by atoms with Crippen LogP contribution in [0.5, 0.6) is 0 Å². The van der Waals surface area contributed by atoms with E-state index in [1.807, 2.05) is 12.1 Å². The Labute approximate surface area is 164 Å². The van der Waals surface area contributed by atoms with Crippen LogP contribution in [0.4, 0.5) is 10.1 Å². The maximum atomic E-state index is 12.9. The standard InChI is InChI=1S/C22H25FN2O3/c23-19-6-1-17(2-7-19)3-10-22(27)24-20-8-4-18(5-9-20)21(26)11-12-25-13-15-28-16-14-25/h1-10,21,26H,11-16H2,(H,24,27)/b10-3+. The summed E-state index contributed by atoms with van der Waals surface area (Å²) in [5.41, 5.74) is 2.22. The average molecular weight is 384 g/mol. The molecule has 148 valence electrons. The third-order valence-electron chi connectivity index (χ3n) is 4.68. The number of aliphatic hydroxyl groups excluding tert-OH is 1. The summed E-state index contributed by atoms with van der Waals surface area (Å²) in [6.07, 6.45) is 3.15. The maximum Gasteiger partial charge on any atom is 0.248 e. The van der Waals surface area contributed by atoms with E-state index in [4.69, 9.17) is 4.74 Å². The third-order valence-corrected chi connectivity index (χ3v) is 4.68. The number of rotatable bonds is 7. The van der Waals surface area contributed by atoms with Crippen LogP contribution in [0.3, 0.4) is 0 Å². The largest absolute Gasteiger partial charge is 0.388 e. The van der Waals surface area contributed by atoms with Gasteiger partial charge in [-0.05, 0) is 47.9 Å². The quantitative estimate of drug-likeness (QED) is 0.720. The third kappa shape index (κ3) is 6.27. The first-order chi connectivity index (χ1) is 13.6. The molecule has 0 bridgehead atoms. The number of carbonyl (C=O) groups excluding carboxylic acids is 1. The Kier molecular flexibility index (Phi) is 7.31. The monoisotopic (exact) mass is 384 g/mol. The van der Waals surface area contributed by atoms with Crippen LogP contribution in [0.25, 0.3) is 6.08 Å². The highest BCUT2D eigenvalue weighted by molar-refractivity contribution is 6.01. The van der Waals surface area contributed by atoms with Crippen molar-refractivity contribution in [1.29, 1.82) is 0 Å².